The first-order chi connectivity index (χ1) is 22.8. The molecule has 11 nitrogen and oxygen atoms in total. The van der Waals surface area contributed by atoms with E-state index in [1.165, 1.54) is 0 Å². The van der Waals surface area contributed by atoms with Gasteiger partial charge >= 0.3 is 0 Å². The molecule has 2 heterocycles. The largest absolute Gasteiger partial charge is 0.378 e. The van der Waals surface area contributed by atoms with E-state index in [1.807, 2.05) is 137 Å². The van der Waals surface area contributed by atoms with E-state index >= 15 is 0 Å². The van der Waals surface area contributed by atoms with Crippen LogP contribution >= 0.6 is 0 Å². The number of ether oxygens (including phenoxy) is 1. The molecule has 0 bridgehead atoms. The number of benzene rings is 4. The summed E-state index contributed by atoms with van der Waals surface area (Å²) in [5.41, 5.74) is 4.70. The maximum atomic E-state index is 5.51. The molecule has 11 heteroatoms. The lowest BCUT2D eigenvalue weighted by Gasteiger charge is -2.27. The number of nitrogens with zero attached hydrogens (tertiary/aromatic N) is 8. The highest BCUT2D eigenvalue weighted by Crippen LogP contribution is 2.25. The Hall–Kier alpha value is -5.55. The van der Waals surface area contributed by atoms with Crippen LogP contribution in [-0.2, 0) is 4.74 Å². The van der Waals surface area contributed by atoms with Crippen molar-refractivity contribution in [1.82, 2.24) is 15.0 Å². The molecule has 0 aliphatic carbocycles. The lowest BCUT2D eigenvalue weighted by Crippen LogP contribution is -2.37. The van der Waals surface area contributed by atoms with Gasteiger partial charge in [-0.05, 0) is 72.8 Å². The van der Waals surface area contributed by atoms with Gasteiger partial charge in [0.05, 0.1) is 36.0 Å². The molecule has 6 rings (SSSR count). The van der Waals surface area contributed by atoms with Gasteiger partial charge in [-0.15, -0.1) is 0 Å². The van der Waals surface area contributed by atoms with Crippen LogP contribution in [0.5, 0.6) is 0 Å². The van der Waals surface area contributed by atoms with E-state index in [1.54, 1.807) is 0 Å². The molecule has 1 aliphatic heterocycles. The minimum absolute atomic E-state index is 0.418. The molecule has 1 saturated heterocycles. The van der Waals surface area contributed by atoms with Crippen molar-refractivity contribution in [2.75, 3.05) is 41.8 Å². The Balaban J connectivity index is 0.00000116. The van der Waals surface area contributed by atoms with Gasteiger partial charge in [0.15, 0.2) is 0 Å². The van der Waals surface area contributed by atoms with E-state index in [-0.39, 0.29) is 0 Å². The molecular formula is C35H40N10O. The number of hydrogen-bond acceptors (Lipinski definition) is 11. The zero-order valence-corrected chi connectivity index (χ0v) is 26.7. The zero-order valence-electron chi connectivity index (χ0n) is 26.7. The van der Waals surface area contributed by atoms with Crippen LogP contribution in [0, 0.1) is 0 Å². The number of nitrogens with one attached hydrogen (secondary N) is 2. The van der Waals surface area contributed by atoms with Crippen LogP contribution in [0.15, 0.2) is 130 Å². The van der Waals surface area contributed by atoms with E-state index in [2.05, 4.69) is 50.9 Å². The number of aromatic nitrogens is 3. The summed E-state index contributed by atoms with van der Waals surface area (Å²) >= 11 is 0. The normalized spacial score (nSPS) is 12.6. The fourth-order valence-corrected chi connectivity index (χ4v) is 4.08. The first-order valence-corrected chi connectivity index (χ1v) is 15.5. The molecule has 2 N–H and O–H groups in total. The molecule has 46 heavy (non-hydrogen) atoms. The van der Waals surface area contributed by atoms with Gasteiger partial charge in [-0.2, -0.15) is 35.4 Å². The van der Waals surface area contributed by atoms with E-state index in [0.29, 0.717) is 44.1 Å². The smallest absolute Gasteiger partial charge is 0.233 e. The molecule has 1 aromatic heterocycles. The van der Waals surface area contributed by atoms with E-state index in [0.717, 1.165) is 34.1 Å². The average molecular weight is 617 g/mol. The maximum absolute atomic E-state index is 5.51. The third-order valence-electron chi connectivity index (χ3n) is 6.24. The molecule has 5 aromatic rings. The predicted molar refractivity (Wildman–Crippen MR) is 186 cm³/mol. The summed E-state index contributed by atoms with van der Waals surface area (Å²) in [6.45, 7) is 10.6. The second-order valence-corrected chi connectivity index (χ2v) is 9.30. The monoisotopic (exact) mass is 616 g/mol. The quantitative estimate of drug-likeness (QED) is 0.158. The molecule has 0 spiro atoms. The molecule has 0 amide bonds. The molecule has 0 atom stereocenters. The lowest BCUT2D eigenvalue weighted by atomic mass is 10.3. The van der Waals surface area contributed by atoms with Gasteiger partial charge < -0.3 is 20.3 Å². The van der Waals surface area contributed by atoms with Crippen molar-refractivity contribution in [3.8, 4) is 0 Å². The maximum Gasteiger partial charge on any atom is 0.233 e. The zero-order chi connectivity index (χ0) is 32.4. The van der Waals surface area contributed by atoms with Crippen molar-refractivity contribution in [2.24, 2.45) is 20.5 Å². The molecule has 1 aliphatic rings. The van der Waals surface area contributed by atoms with Crippen molar-refractivity contribution < 1.29 is 4.74 Å². The Morgan fingerprint density at radius 2 is 0.870 bits per heavy atom. The Morgan fingerprint density at radius 3 is 1.26 bits per heavy atom. The summed E-state index contributed by atoms with van der Waals surface area (Å²) in [6.07, 6.45) is 0. The Morgan fingerprint density at radius 1 is 0.500 bits per heavy atom. The molecular weight excluding hydrogens is 576 g/mol. The highest BCUT2D eigenvalue weighted by atomic mass is 16.5. The van der Waals surface area contributed by atoms with Gasteiger partial charge in [0, 0.05) is 24.5 Å². The third kappa shape index (κ3) is 10.3. The van der Waals surface area contributed by atoms with Crippen LogP contribution < -0.4 is 15.5 Å². The summed E-state index contributed by atoms with van der Waals surface area (Å²) in [5, 5.41) is 23.7. The lowest BCUT2D eigenvalue weighted by molar-refractivity contribution is 0.122. The third-order valence-corrected chi connectivity index (χ3v) is 6.24. The average Bonchev–Trinajstić information content (AvgIpc) is 3.14. The van der Waals surface area contributed by atoms with Gasteiger partial charge in [-0.25, -0.2) is 0 Å². The molecule has 0 radical (unpaired) electrons. The topological polar surface area (TPSA) is 125 Å². The second-order valence-electron chi connectivity index (χ2n) is 9.30. The van der Waals surface area contributed by atoms with Crippen molar-refractivity contribution >= 4 is 52.0 Å². The number of hydrogen-bond donors (Lipinski definition) is 2. The Labute approximate surface area is 270 Å². The van der Waals surface area contributed by atoms with Gasteiger partial charge in [0.2, 0.25) is 17.8 Å². The van der Waals surface area contributed by atoms with Crippen LogP contribution in [0.4, 0.5) is 52.0 Å². The molecule has 0 unspecified atom stereocenters. The highest BCUT2D eigenvalue weighted by Gasteiger charge is 2.17. The summed E-state index contributed by atoms with van der Waals surface area (Å²) in [7, 11) is 0. The van der Waals surface area contributed by atoms with E-state index in [4.69, 9.17) is 4.74 Å². The highest BCUT2D eigenvalue weighted by molar-refractivity contribution is 5.62. The van der Waals surface area contributed by atoms with Crippen molar-refractivity contribution in [2.45, 2.75) is 27.7 Å². The second kappa shape index (κ2) is 18.3. The molecule has 1 fully saturated rings. The minimum Gasteiger partial charge on any atom is -0.378 e. The SMILES string of the molecule is CC.CC.c1ccc(N=Nc2ccc(Nc3nc(Nc4ccc(N=Nc5ccccc5)cc4)nc(N4CCOCC4)n3)cc2)cc1. The summed E-state index contributed by atoms with van der Waals surface area (Å²) in [5.74, 6) is 1.40. The summed E-state index contributed by atoms with van der Waals surface area (Å²) in [6, 6.07) is 34.4. The number of azo groups is 2. The van der Waals surface area contributed by atoms with Gasteiger partial charge in [0.1, 0.15) is 0 Å². The predicted octanol–water partition coefficient (Wildman–Crippen LogP) is 10.1. The Bertz CT molecular complexity index is 1530. The number of anilines is 5. The van der Waals surface area contributed by atoms with Crippen LogP contribution in [0.25, 0.3) is 0 Å². The van der Waals surface area contributed by atoms with Crippen LogP contribution in [0.2, 0.25) is 0 Å². The first kappa shape index (κ1) is 33.3. The summed E-state index contributed by atoms with van der Waals surface area (Å²) < 4.78 is 5.51. The van der Waals surface area contributed by atoms with Gasteiger partial charge in [-0.1, -0.05) is 64.1 Å². The van der Waals surface area contributed by atoms with Gasteiger partial charge in [-0.3, -0.25) is 0 Å². The van der Waals surface area contributed by atoms with Crippen LogP contribution in [-0.4, -0.2) is 41.3 Å². The fraction of sp³-hybridized carbons (Fsp3) is 0.229. The van der Waals surface area contributed by atoms with Crippen molar-refractivity contribution in [1.29, 1.82) is 0 Å². The molecule has 0 saturated carbocycles. The first-order valence-electron chi connectivity index (χ1n) is 15.5. The summed E-state index contributed by atoms with van der Waals surface area (Å²) in [4.78, 5) is 16.1. The van der Waals surface area contributed by atoms with E-state index in [9.17, 15) is 0 Å². The Kier molecular flexibility index (Phi) is 13.3. The number of morpholine rings is 1. The van der Waals surface area contributed by atoms with Crippen molar-refractivity contribution in [3.63, 3.8) is 0 Å². The van der Waals surface area contributed by atoms with Crippen molar-refractivity contribution in [3.05, 3.63) is 109 Å². The minimum atomic E-state index is 0.418. The van der Waals surface area contributed by atoms with E-state index < -0.39 is 0 Å². The van der Waals surface area contributed by atoms with Crippen LogP contribution in [0.3, 0.4) is 0 Å². The molecule has 4 aromatic carbocycles. The van der Waals surface area contributed by atoms with Gasteiger partial charge in [0.25, 0.3) is 0 Å². The molecule has 236 valence electrons. The van der Waals surface area contributed by atoms with Crippen LogP contribution in [0.1, 0.15) is 27.7 Å². The number of rotatable bonds is 9. The standard InChI is InChI=1S/C31H28N10O.2C2H6/c1-3-7-25(8-4-1)37-39-27-15-11-23(12-16-27)32-29-34-30(36-31(35-29)41-19-21-42-22-20-41)33-24-13-17-28(18-14-24)40-38-26-9-5-2-6-10-26;2*1-2/h1-18H,19-22H2,(H2,32,33,34,35,36);2*1-2H3. The fourth-order valence-electron chi connectivity index (χ4n) is 4.08.